The zero-order valence-electron chi connectivity index (χ0n) is 9.82. The number of likely N-dealkylation sites (tertiary alicyclic amines) is 1. The van der Waals surface area contributed by atoms with E-state index in [0.717, 1.165) is 18.7 Å². The van der Waals surface area contributed by atoms with E-state index in [1.54, 1.807) is 11.3 Å². The molecule has 1 aliphatic heterocycles. The van der Waals surface area contributed by atoms with E-state index in [1.807, 2.05) is 0 Å². The first-order chi connectivity index (χ1) is 7.88. The second-order valence-corrected chi connectivity index (χ2v) is 5.39. The molecular weight excluding hydrogens is 218 g/mol. The average Bonchev–Trinajstić information content (AvgIpc) is 2.61. The Morgan fingerprint density at radius 2 is 2.00 bits per heavy atom. The van der Waals surface area contributed by atoms with Crippen molar-refractivity contribution in [3.63, 3.8) is 0 Å². The maximum atomic E-state index is 5.56. The van der Waals surface area contributed by atoms with Crippen LogP contribution in [0.2, 0.25) is 0 Å². The minimum atomic E-state index is 0.570. The highest BCUT2D eigenvalue weighted by atomic mass is 32.1. The van der Waals surface area contributed by atoms with Crippen molar-refractivity contribution in [1.29, 1.82) is 0 Å². The van der Waals surface area contributed by atoms with Gasteiger partial charge in [-0.2, -0.15) is 0 Å². The number of hydrogen-bond acceptors (Lipinski definition) is 4. The minimum absolute atomic E-state index is 0.570. The Morgan fingerprint density at radius 3 is 2.62 bits per heavy atom. The molecule has 1 saturated heterocycles. The van der Waals surface area contributed by atoms with Crippen molar-refractivity contribution >= 4 is 11.3 Å². The third kappa shape index (κ3) is 3.54. The number of rotatable bonds is 4. The van der Waals surface area contributed by atoms with Crippen molar-refractivity contribution in [2.75, 3.05) is 19.6 Å². The van der Waals surface area contributed by atoms with Crippen LogP contribution in [0.5, 0.6) is 0 Å². The predicted octanol–water partition coefficient (Wildman–Crippen LogP) is 2.02. The Kier molecular flexibility index (Phi) is 4.75. The van der Waals surface area contributed by atoms with Gasteiger partial charge in [0.05, 0.1) is 10.7 Å². The first-order valence-corrected chi connectivity index (χ1v) is 7.12. The van der Waals surface area contributed by atoms with E-state index in [9.17, 15) is 0 Å². The Labute approximate surface area is 102 Å². The maximum absolute atomic E-state index is 5.56. The van der Waals surface area contributed by atoms with Crippen molar-refractivity contribution in [3.8, 4) is 0 Å². The van der Waals surface area contributed by atoms with Crippen molar-refractivity contribution in [2.24, 2.45) is 5.73 Å². The first-order valence-electron chi connectivity index (χ1n) is 6.24. The van der Waals surface area contributed by atoms with Crippen molar-refractivity contribution < 1.29 is 0 Å². The topological polar surface area (TPSA) is 42.1 Å². The molecule has 0 radical (unpaired) electrons. The number of nitrogens with two attached hydrogens (primary N) is 1. The van der Waals surface area contributed by atoms with E-state index in [0.29, 0.717) is 6.54 Å². The molecule has 0 aliphatic carbocycles. The average molecular weight is 239 g/mol. The molecule has 1 aromatic rings. The molecule has 1 fully saturated rings. The Hall–Kier alpha value is -0.450. The van der Waals surface area contributed by atoms with Gasteiger partial charge in [-0.05, 0) is 25.9 Å². The number of aromatic nitrogens is 1. The van der Waals surface area contributed by atoms with Gasteiger partial charge in [-0.1, -0.05) is 12.8 Å². The summed E-state index contributed by atoms with van der Waals surface area (Å²) in [6, 6.07) is 0. The smallest absolute Gasteiger partial charge is 0.0941 e. The molecule has 2 heterocycles. The van der Waals surface area contributed by atoms with E-state index in [-0.39, 0.29) is 0 Å². The molecule has 0 unspecified atom stereocenters. The second kappa shape index (κ2) is 6.33. The minimum Gasteiger partial charge on any atom is -0.325 e. The molecule has 0 atom stereocenters. The van der Waals surface area contributed by atoms with Gasteiger partial charge < -0.3 is 10.6 Å². The molecule has 0 saturated carbocycles. The molecule has 1 aliphatic rings. The highest BCUT2D eigenvalue weighted by molar-refractivity contribution is 7.09. The molecular formula is C12H21N3S. The van der Waals surface area contributed by atoms with Crippen LogP contribution in [0.25, 0.3) is 0 Å². The van der Waals surface area contributed by atoms with Crippen LogP contribution >= 0.6 is 11.3 Å². The van der Waals surface area contributed by atoms with E-state index in [2.05, 4.69) is 15.3 Å². The van der Waals surface area contributed by atoms with Crippen LogP contribution in [0.4, 0.5) is 0 Å². The summed E-state index contributed by atoms with van der Waals surface area (Å²) < 4.78 is 0. The third-order valence-corrected chi connectivity index (χ3v) is 4.11. The molecule has 3 nitrogen and oxygen atoms in total. The molecule has 0 spiro atoms. The van der Waals surface area contributed by atoms with Crippen molar-refractivity contribution in [2.45, 2.75) is 38.6 Å². The van der Waals surface area contributed by atoms with E-state index in [1.165, 1.54) is 43.8 Å². The summed E-state index contributed by atoms with van der Waals surface area (Å²) in [5, 5.41) is 3.32. The van der Waals surface area contributed by atoms with Crippen LogP contribution in [-0.4, -0.2) is 29.5 Å². The molecule has 4 heteroatoms. The van der Waals surface area contributed by atoms with Gasteiger partial charge in [0, 0.05) is 24.9 Å². The molecule has 16 heavy (non-hydrogen) atoms. The number of hydrogen-bond donors (Lipinski definition) is 1. The van der Waals surface area contributed by atoms with Crippen LogP contribution < -0.4 is 5.73 Å². The van der Waals surface area contributed by atoms with Crippen molar-refractivity contribution in [1.82, 2.24) is 9.88 Å². The monoisotopic (exact) mass is 239 g/mol. The normalized spacial score (nSPS) is 18.6. The molecule has 90 valence electrons. The van der Waals surface area contributed by atoms with Crippen LogP contribution in [0.1, 0.15) is 36.4 Å². The molecule has 2 rings (SSSR count). The van der Waals surface area contributed by atoms with Crippen LogP contribution in [-0.2, 0) is 13.0 Å². The molecule has 0 aromatic carbocycles. The van der Waals surface area contributed by atoms with E-state index >= 15 is 0 Å². The lowest BCUT2D eigenvalue weighted by Crippen LogP contribution is -2.26. The van der Waals surface area contributed by atoms with Crippen LogP contribution in [0.15, 0.2) is 5.38 Å². The summed E-state index contributed by atoms with van der Waals surface area (Å²) in [5.74, 6) is 0. The lowest BCUT2D eigenvalue weighted by atomic mass is 10.2. The van der Waals surface area contributed by atoms with Crippen LogP contribution in [0.3, 0.4) is 0 Å². The number of nitrogens with zero attached hydrogens (tertiary/aromatic N) is 2. The molecule has 1 aromatic heterocycles. The standard InChI is InChI=1S/C12H21N3S/c13-9-11-10-16-12(14-11)5-8-15-6-3-1-2-4-7-15/h10H,1-9,13H2. The van der Waals surface area contributed by atoms with E-state index in [4.69, 9.17) is 5.73 Å². The Bertz CT molecular complexity index is 303. The highest BCUT2D eigenvalue weighted by Crippen LogP contribution is 2.13. The zero-order valence-corrected chi connectivity index (χ0v) is 10.6. The van der Waals surface area contributed by atoms with Gasteiger partial charge >= 0.3 is 0 Å². The molecule has 0 bridgehead atoms. The van der Waals surface area contributed by atoms with Gasteiger partial charge in [0.15, 0.2) is 0 Å². The fourth-order valence-corrected chi connectivity index (χ4v) is 2.97. The second-order valence-electron chi connectivity index (χ2n) is 4.44. The maximum Gasteiger partial charge on any atom is 0.0941 e. The summed E-state index contributed by atoms with van der Waals surface area (Å²) in [6.45, 7) is 4.28. The SMILES string of the molecule is NCc1csc(CCN2CCCCCC2)n1. The first kappa shape index (κ1) is 12.0. The van der Waals surface area contributed by atoms with Gasteiger partial charge in [-0.25, -0.2) is 4.98 Å². The predicted molar refractivity (Wildman–Crippen MR) is 68.6 cm³/mol. The zero-order chi connectivity index (χ0) is 11.2. The van der Waals surface area contributed by atoms with Crippen molar-refractivity contribution in [3.05, 3.63) is 16.1 Å². The fourth-order valence-electron chi connectivity index (χ4n) is 2.17. The van der Waals surface area contributed by atoms with Gasteiger partial charge in [0.2, 0.25) is 0 Å². The van der Waals surface area contributed by atoms with Gasteiger partial charge in [-0.3, -0.25) is 0 Å². The summed E-state index contributed by atoms with van der Waals surface area (Å²) >= 11 is 1.75. The van der Waals surface area contributed by atoms with Gasteiger partial charge in [-0.15, -0.1) is 11.3 Å². The summed E-state index contributed by atoms with van der Waals surface area (Å²) in [4.78, 5) is 7.08. The summed E-state index contributed by atoms with van der Waals surface area (Å²) in [7, 11) is 0. The van der Waals surface area contributed by atoms with Gasteiger partial charge in [0.25, 0.3) is 0 Å². The van der Waals surface area contributed by atoms with Crippen LogP contribution in [0, 0.1) is 0 Å². The van der Waals surface area contributed by atoms with E-state index < -0.39 is 0 Å². The summed E-state index contributed by atoms with van der Waals surface area (Å²) in [5.41, 5.74) is 6.59. The number of thiazole rings is 1. The molecule has 2 N–H and O–H groups in total. The third-order valence-electron chi connectivity index (χ3n) is 3.15. The molecule has 0 amide bonds. The fraction of sp³-hybridized carbons (Fsp3) is 0.750. The van der Waals surface area contributed by atoms with Gasteiger partial charge in [0.1, 0.15) is 0 Å². The lowest BCUT2D eigenvalue weighted by Gasteiger charge is -2.18. The lowest BCUT2D eigenvalue weighted by molar-refractivity contribution is 0.288. The Morgan fingerprint density at radius 1 is 1.25 bits per heavy atom. The highest BCUT2D eigenvalue weighted by Gasteiger charge is 2.09. The quantitative estimate of drug-likeness (QED) is 0.874. The largest absolute Gasteiger partial charge is 0.325 e. The summed E-state index contributed by atoms with van der Waals surface area (Å²) in [6.07, 6.45) is 6.64. The Balaban J connectivity index is 1.77.